The Balaban J connectivity index is 1.77. The van der Waals surface area contributed by atoms with E-state index in [0.717, 1.165) is 30.8 Å². The highest BCUT2D eigenvalue weighted by molar-refractivity contribution is 5.80. The summed E-state index contributed by atoms with van der Waals surface area (Å²) >= 11 is 0. The smallest absolute Gasteiger partial charge is 0.341 e. The molecule has 0 aromatic heterocycles. The molecule has 3 nitrogen and oxygen atoms in total. The van der Waals surface area contributed by atoms with Crippen LogP contribution in [0.15, 0.2) is 48.5 Å². The van der Waals surface area contributed by atoms with Crippen LogP contribution >= 0.6 is 0 Å². The maximum absolute atomic E-state index is 13.1. The van der Waals surface area contributed by atoms with E-state index in [-0.39, 0.29) is 24.3 Å². The molecule has 1 heterocycles. The highest BCUT2D eigenvalue weighted by Crippen LogP contribution is 2.32. The van der Waals surface area contributed by atoms with Gasteiger partial charge in [0.15, 0.2) is 0 Å². The lowest BCUT2D eigenvalue weighted by Gasteiger charge is -2.34. The number of piperidine rings is 1. The van der Waals surface area contributed by atoms with Crippen molar-refractivity contribution in [1.82, 2.24) is 10.2 Å². The lowest BCUT2D eigenvalue weighted by Crippen LogP contribution is -2.43. The highest BCUT2D eigenvalue weighted by Gasteiger charge is 2.34. The minimum absolute atomic E-state index is 0.0228. The monoisotopic (exact) mass is 390 g/mol. The number of benzene rings is 2. The summed E-state index contributed by atoms with van der Waals surface area (Å²) in [5.41, 5.74) is 1.46. The van der Waals surface area contributed by atoms with Gasteiger partial charge in [-0.1, -0.05) is 42.0 Å². The first-order valence-electron chi connectivity index (χ1n) is 9.44. The Hall–Kier alpha value is -2.34. The van der Waals surface area contributed by atoms with Crippen molar-refractivity contribution in [2.45, 2.75) is 32.0 Å². The molecule has 1 aliphatic rings. The zero-order chi connectivity index (χ0) is 20.3. The number of carbonyl (C=O) groups excluding carboxylic acids is 1. The lowest BCUT2D eigenvalue weighted by atomic mass is 9.80. The largest absolute Gasteiger partial charge is 0.416 e. The van der Waals surface area contributed by atoms with Crippen LogP contribution in [0.3, 0.4) is 0 Å². The number of hydrogen-bond acceptors (Lipinski definition) is 2. The molecule has 1 amide bonds. The Morgan fingerprint density at radius 1 is 1.18 bits per heavy atom. The Morgan fingerprint density at radius 2 is 1.89 bits per heavy atom. The minimum atomic E-state index is -4.39. The number of alkyl halides is 3. The van der Waals surface area contributed by atoms with Gasteiger partial charge in [-0.25, -0.2) is 0 Å². The summed E-state index contributed by atoms with van der Waals surface area (Å²) in [5, 5.41) is 3.34. The summed E-state index contributed by atoms with van der Waals surface area (Å²) in [4.78, 5) is 14.7. The Morgan fingerprint density at radius 3 is 2.57 bits per heavy atom. The molecule has 1 fully saturated rings. The van der Waals surface area contributed by atoms with Gasteiger partial charge in [0, 0.05) is 32.0 Å². The van der Waals surface area contributed by atoms with Crippen LogP contribution in [0, 0.1) is 12.8 Å². The van der Waals surface area contributed by atoms with Crippen molar-refractivity contribution >= 4 is 5.91 Å². The molecule has 6 heteroatoms. The number of aryl methyl sites for hydroxylation is 1. The molecule has 1 N–H and O–H groups in total. The van der Waals surface area contributed by atoms with Gasteiger partial charge in [0.05, 0.1) is 5.56 Å². The van der Waals surface area contributed by atoms with Crippen LogP contribution in [-0.4, -0.2) is 30.9 Å². The second-order valence-electron chi connectivity index (χ2n) is 7.52. The average molecular weight is 390 g/mol. The summed E-state index contributed by atoms with van der Waals surface area (Å²) in [7, 11) is 1.67. The lowest BCUT2D eigenvalue weighted by molar-refractivity contribution is -0.137. The molecular formula is C22H25F3N2O. The molecule has 1 aliphatic heterocycles. The topological polar surface area (TPSA) is 32.3 Å². The molecule has 2 atom stereocenters. The first kappa shape index (κ1) is 20.4. The molecule has 0 spiro atoms. The van der Waals surface area contributed by atoms with Crippen molar-refractivity contribution in [1.29, 1.82) is 0 Å². The van der Waals surface area contributed by atoms with Gasteiger partial charge in [-0.05, 0) is 43.1 Å². The van der Waals surface area contributed by atoms with E-state index in [0.29, 0.717) is 17.5 Å². The Kier molecular flexibility index (Phi) is 6.08. The van der Waals surface area contributed by atoms with Gasteiger partial charge in [0.1, 0.15) is 0 Å². The number of nitrogens with zero attached hydrogens (tertiary/aromatic N) is 1. The Bertz CT molecular complexity index is 820. The third-order valence-corrected chi connectivity index (χ3v) is 5.29. The standard InChI is InChI=1S/C22H25F3N2O/c1-15-10-16(12-18(11-15)22(23,24)25)14-27(2)21(28)19-8-9-26-13-20(19)17-6-4-3-5-7-17/h3-7,10-12,19-20,26H,8-9,13-14H2,1-2H3/t19-,20+/m1/s1. The second kappa shape index (κ2) is 8.35. The number of amides is 1. The molecule has 0 radical (unpaired) electrons. The van der Waals surface area contributed by atoms with Crippen molar-refractivity contribution in [2.24, 2.45) is 5.92 Å². The van der Waals surface area contributed by atoms with E-state index >= 15 is 0 Å². The molecule has 2 aromatic carbocycles. The van der Waals surface area contributed by atoms with Gasteiger partial charge in [-0.15, -0.1) is 0 Å². The number of rotatable bonds is 4. The summed E-state index contributed by atoms with van der Waals surface area (Å²) < 4.78 is 39.3. The maximum Gasteiger partial charge on any atom is 0.416 e. The van der Waals surface area contributed by atoms with E-state index in [1.54, 1.807) is 24.9 Å². The number of nitrogens with one attached hydrogen (secondary N) is 1. The van der Waals surface area contributed by atoms with E-state index < -0.39 is 11.7 Å². The van der Waals surface area contributed by atoms with Crippen molar-refractivity contribution < 1.29 is 18.0 Å². The maximum atomic E-state index is 13.1. The number of halogens is 3. The SMILES string of the molecule is Cc1cc(CN(C)C(=O)[C@@H]2CCNC[C@H]2c2ccccc2)cc(C(F)(F)F)c1. The third-order valence-electron chi connectivity index (χ3n) is 5.29. The van der Waals surface area contributed by atoms with Gasteiger partial charge in [0.2, 0.25) is 5.91 Å². The fourth-order valence-electron chi connectivity index (χ4n) is 3.96. The van der Waals surface area contributed by atoms with Gasteiger partial charge < -0.3 is 10.2 Å². The molecular weight excluding hydrogens is 365 g/mol. The minimum Gasteiger partial charge on any atom is -0.341 e. The first-order valence-corrected chi connectivity index (χ1v) is 9.44. The molecule has 0 bridgehead atoms. The molecule has 3 rings (SSSR count). The van der Waals surface area contributed by atoms with Crippen molar-refractivity contribution in [3.05, 3.63) is 70.8 Å². The van der Waals surface area contributed by atoms with E-state index in [4.69, 9.17) is 0 Å². The van der Waals surface area contributed by atoms with Crippen molar-refractivity contribution in [3.8, 4) is 0 Å². The second-order valence-corrected chi connectivity index (χ2v) is 7.52. The summed E-state index contributed by atoms with van der Waals surface area (Å²) in [6.07, 6.45) is -3.68. The molecule has 0 saturated carbocycles. The van der Waals surface area contributed by atoms with Crippen LogP contribution in [0.4, 0.5) is 13.2 Å². The van der Waals surface area contributed by atoms with Gasteiger partial charge in [-0.2, -0.15) is 13.2 Å². The molecule has 150 valence electrons. The van der Waals surface area contributed by atoms with Gasteiger partial charge in [-0.3, -0.25) is 4.79 Å². The van der Waals surface area contributed by atoms with Gasteiger partial charge >= 0.3 is 6.18 Å². The van der Waals surface area contributed by atoms with Crippen LogP contribution in [0.5, 0.6) is 0 Å². The summed E-state index contributed by atoms with van der Waals surface area (Å²) in [5.74, 6) is -0.140. The van der Waals surface area contributed by atoms with Gasteiger partial charge in [0.25, 0.3) is 0 Å². The normalized spacial score (nSPS) is 20.0. The van der Waals surface area contributed by atoms with Crippen LogP contribution < -0.4 is 5.32 Å². The molecule has 28 heavy (non-hydrogen) atoms. The van der Waals surface area contributed by atoms with E-state index in [2.05, 4.69) is 5.32 Å². The highest BCUT2D eigenvalue weighted by atomic mass is 19.4. The molecule has 0 unspecified atom stereocenters. The van der Waals surface area contributed by atoms with Crippen LogP contribution in [-0.2, 0) is 17.5 Å². The van der Waals surface area contributed by atoms with Crippen molar-refractivity contribution in [3.63, 3.8) is 0 Å². The average Bonchev–Trinajstić information content (AvgIpc) is 2.67. The van der Waals surface area contributed by atoms with Crippen LogP contribution in [0.2, 0.25) is 0 Å². The van der Waals surface area contributed by atoms with Crippen molar-refractivity contribution in [2.75, 3.05) is 20.1 Å². The first-order chi connectivity index (χ1) is 13.3. The number of hydrogen-bond donors (Lipinski definition) is 1. The molecule has 1 saturated heterocycles. The number of carbonyl (C=O) groups is 1. The van der Waals surface area contributed by atoms with Crippen LogP contribution in [0.1, 0.15) is 34.6 Å². The quantitative estimate of drug-likeness (QED) is 0.841. The fourth-order valence-corrected chi connectivity index (χ4v) is 3.96. The molecule has 0 aliphatic carbocycles. The Labute approximate surface area is 163 Å². The van der Waals surface area contributed by atoms with E-state index in [1.807, 2.05) is 30.3 Å². The summed E-state index contributed by atoms with van der Waals surface area (Å²) in [6, 6.07) is 13.9. The zero-order valence-electron chi connectivity index (χ0n) is 16.1. The van der Waals surface area contributed by atoms with E-state index in [1.165, 1.54) is 0 Å². The van der Waals surface area contributed by atoms with Crippen LogP contribution in [0.25, 0.3) is 0 Å². The fraction of sp³-hybridized carbons (Fsp3) is 0.409. The predicted molar refractivity (Wildman–Crippen MR) is 103 cm³/mol. The van der Waals surface area contributed by atoms with E-state index in [9.17, 15) is 18.0 Å². The predicted octanol–water partition coefficient (Wildman–Crippen LogP) is 4.37. The zero-order valence-corrected chi connectivity index (χ0v) is 16.1. The summed E-state index contributed by atoms with van der Waals surface area (Å²) in [6.45, 7) is 3.28. The molecule has 2 aromatic rings. The third kappa shape index (κ3) is 4.73.